The Labute approximate surface area is 103 Å². The van der Waals surface area contributed by atoms with E-state index >= 15 is 0 Å². The second-order valence-electron chi connectivity index (χ2n) is 2.67. The van der Waals surface area contributed by atoms with Crippen molar-refractivity contribution in [3.63, 3.8) is 0 Å². The molecule has 0 aliphatic heterocycles. The van der Waals surface area contributed by atoms with E-state index in [0.29, 0.717) is 6.07 Å². The van der Waals surface area contributed by atoms with E-state index in [1.807, 2.05) is 0 Å². The van der Waals surface area contributed by atoms with E-state index in [1.165, 1.54) is 0 Å². The van der Waals surface area contributed by atoms with Crippen LogP contribution in [0, 0.1) is 0 Å². The molecule has 0 aliphatic rings. The highest BCUT2D eigenvalue weighted by Gasteiger charge is 2.35. The Morgan fingerprint density at radius 2 is 1.75 bits per heavy atom. The summed E-state index contributed by atoms with van der Waals surface area (Å²) >= 11 is 16.5. The third-order valence-electron chi connectivity index (χ3n) is 1.67. The molecule has 8 heteroatoms. The normalized spacial score (nSPS) is 11.4. The standard InChI is InChI=1S/C8H3Cl3F3NO/c9-4-1-3(8(12,13)14)5(10)6(11)7(4)15-2-16/h1-2H,(H,15,16). The first-order chi connectivity index (χ1) is 7.29. The third kappa shape index (κ3) is 2.53. The van der Waals surface area contributed by atoms with Crippen LogP contribution >= 0.6 is 34.8 Å². The van der Waals surface area contributed by atoms with Crippen molar-refractivity contribution in [3.05, 3.63) is 26.7 Å². The highest BCUT2D eigenvalue weighted by atomic mass is 35.5. The van der Waals surface area contributed by atoms with Crippen molar-refractivity contribution in [1.29, 1.82) is 0 Å². The zero-order chi connectivity index (χ0) is 12.5. The number of carbonyl (C=O) groups excluding carboxylic acids is 1. The van der Waals surface area contributed by atoms with Crippen molar-refractivity contribution in [1.82, 2.24) is 0 Å². The van der Waals surface area contributed by atoms with Crippen LogP contribution in [0.25, 0.3) is 0 Å². The molecule has 1 amide bonds. The number of carbonyl (C=O) groups is 1. The van der Waals surface area contributed by atoms with Crippen LogP contribution in [0.5, 0.6) is 0 Å². The molecule has 0 saturated carbocycles. The molecule has 1 aromatic rings. The molecular weight excluding hydrogens is 289 g/mol. The molecule has 0 aliphatic carbocycles. The van der Waals surface area contributed by atoms with Gasteiger partial charge in [-0.2, -0.15) is 13.2 Å². The molecule has 0 radical (unpaired) electrons. The lowest BCUT2D eigenvalue weighted by Crippen LogP contribution is -2.07. The van der Waals surface area contributed by atoms with E-state index in [2.05, 4.69) is 5.32 Å². The minimum atomic E-state index is -4.66. The Morgan fingerprint density at radius 1 is 1.19 bits per heavy atom. The smallest absolute Gasteiger partial charge is 0.326 e. The van der Waals surface area contributed by atoms with E-state index in [9.17, 15) is 18.0 Å². The number of rotatable bonds is 2. The summed E-state index contributed by atoms with van der Waals surface area (Å²) < 4.78 is 37.3. The zero-order valence-corrected chi connectivity index (χ0v) is 9.60. The highest BCUT2D eigenvalue weighted by Crippen LogP contribution is 2.44. The molecule has 0 heterocycles. The van der Waals surface area contributed by atoms with Gasteiger partial charge >= 0.3 is 6.18 Å². The Kier molecular flexibility index (Phi) is 3.93. The third-order valence-corrected chi connectivity index (χ3v) is 2.83. The summed E-state index contributed by atoms with van der Waals surface area (Å²) in [5.41, 5.74) is -1.31. The van der Waals surface area contributed by atoms with Crippen LogP contribution in [0.3, 0.4) is 0 Å². The number of nitrogens with one attached hydrogen (secondary N) is 1. The number of halogens is 6. The van der Waals surface area contributed by atoms with Gasteiger partial charge in [-0.1, -0.05) is 34.8 Å². The van der Waals surface area contributed by atoms with Gasteiger partial charge in [0.1, 0.15) is 0 Å². The van der Waals surface area contributed by atoms with Gasteiger partial charge in [0.15, 0.2) is 0 Å². The van der Waals surface area contributed by atoms with E-state index in [4.69, 9.17) is 34.8 Å². The van der Waals surface area contributed by atoms with Gasteiger partial charge in [0.2, 0.25) is 6.41 Å². The van der Waals surface area contributed by atoms with Gasteiger partial charge < -0.3 is 5.32 Å². The fourth-order valence-electron chi connectivity index (χ4n) is 0.993. The predicted octanol–water partition coefficient (Wildman–Crippen LogP) is 4.23. The lowest BCUT2D eigenvalue weighted by Gasteiger charge is -2.13. The first-order valence-corrected chi connectivity index (χ1v) is 4.87. The fraction of sp³-hybridized carbons (Fsp3) is 0.125. The van der Waals surface area contributed by atoms with Gasteiger partial charge in [-0.05, 0) is 6.07 Å². The SMILES string of the molecule is O=CNc1c(Cl)cc(C(F)(F)F)c(Cl)c1Cl. The maximum atomic E-state index is 12.4. The van der Waals surface area contributed by atoms with Crippen LogP contribution < -0.4 is 5.32 Å². The van der Waals surface area contributed by atoms with Crippen molar-refractivity contribution >= 4 is 46.9 Å². The largest absolute Gasteiger partial charge is 0.417 e. The average molecular weight is 292 g/mol. The van der Waals surface area contributed by atoms with Gasteiger partial charge in [0, 0.05) is 0 Å². The number of alkyl halides is 3. The van der Waals surface area contributed by atoms with Crippen LogP contribution in [0.1, 0.15) is 5.56 Å². The first kappa shape index (κ1) is 13.4. The second kappa shape index (κ2) is 4.69. The van der Waals surface area contributed by atoms with Crippen molar-refractivity contribution in [3.8, 4) is 0 Å². The van der Waals surface area contributed by atoms with Crippen molar-refractivity contribution < 1.29 is 18.0 Å². The lowest BCUT2D eigenvalue weighted by molar-refractivity contribution is -0.137. The molecule has 0 saturated heterocycles. The monoisotopic (exact) mass is 291 g/mol. The molecule has 0 bridgehead atoms. The van der Waals surface area contributed by atoms with E-state index in [-0.39, 0.29) is 17.1 Å². The Hall–Kier alpha value is -0.650. The van der Waals surface area contributed by atoms with Crippen molar-refractivity contribution in [2.24, 2.45) is 0 Å². The van der Waals surface area contributed by atoms with Crippen molar-refractivity contribution in [2.45, 2.75) is 6.18 Å². The van der Waals surface area contributed by atoms with Gasteiger partial charge in [-0.3, -0.25) is 4.79 Å². The molecular formula is C8H3Cl3F3NO. The molecule has 1 N–H and O–H groups in total. The summed E-state index contributed by atoms with van der Waals surface area (Å²) in [5.74, 6) is 0. The van der Waals surface area contributed by atoms with E-state index in [0.717, 1.165) is 0 Å². The number of anilines is 1. The molecule has 0 aromatic heterocycles. The Balaban J connectivity index is 3.45. The van der Waals surface area contributed by atoms with Crippen LogP contribution in [0.15, 0.2) is 6.07 Å². The van der Waals surface area contributed by atoms with Crippen LogP contribution in [-0.4, -0.2) is 6.41 Å². The van der Waals surface area contributed by atoms with Gasteiger partial charge in [-0.25, -0.2) is 0 Å². The van der Waals surface area contributed by atoms with Crippen LogP contribution in [0.2, 0.25) is 15.1 Å². The van der Waals surface area contributed by atoms with Crippen LogP contribution in [-0.2, 0) is 11.0 Å². The minimum Gasteiger partial charge on any atom is -0.326 e. The molecule has 0 atom stereocenters. The number of benzene rings is 1. The fourth-order valence-corrected chi connectivity index (χ4v) is 1.81. The minimum absolute atomic E-state index is 0.156. The summed E-state index contributed by atoms with van der Waals surface area (Å²) in [6.45, 7) is 0. The maximum absolute atomic E-state index is 12.4. The van der Waals surface area contributed by atoms with Gasteiger partial charge in [0.25, 0.3) is 0 Å². The number of amides is 1. The average Bonchev–Trinajstić information content (AvgIpc) is 2.16. The summed E-state index contributed by atoms with van der Waals surface area (Å²) in [4.78, 5) is 10.2. The predicted molar refractivity (Wildman–Crippen MR) is 56.2 cm³/mol. The van der Waals surface area contributed by atoms with Crippen molar-refractivity contribution in [2.75, 3.05) is 5.32 Å². The van der Waals surface area contributed by atoms with E-state index < -0.39 is 21.8 Å². The maximum Gasteiger partial charge on any atom is 0.417 e. The summed E-state index contributed by atoms with van der Waals surface area (Å²) in [6.07, 6.45) is -4.43. The quantitative estimate of drug-likeness (QED) is 0.641. The molecule has 16 heavy (non-hydrogen) atoms. The Bertz CT molecular complexity index is 434. The molecule has 0 spiro atoms. The summed E-state index contributed by atoms with van der Waals surface area (Å²) in [7, 11) is 0. The number of hydrogen-bond acceptors (Lipinski definition) is 1. The summed E-state index contributed by atoms with van der Waals surface area (Å²) in [6, 6.07) is 0.599. The van der Waals surface area contributed by atoms with Gasteiger partial charge in [0.05, 0.1) is 26.3 Å². The zero-order valence-electron chi connectivity index (χ0n) is 7.33. The molecule has 1 aromatic carbocycles. The molecule has 1 rings (SSSR count). The molecule has 0 unspecified atom stereocenters. The molecule has 2 nitrogen and oxygen atoms in total. The van der Waals surface area contributed by atoms with Crippen LogP contribution in [0.4, 0.5) is 18.9 Å². The summed E-state index contributed by atoms with van der Waals surface area (Å²) in [5, 5.41) is 0.572. The van der Waals surface area contributed by atoms with E-state index in [1.54, 1.807) is 0 Å². The first-order valence-electron chi connectivity index (χ1n) is 3.74. The number of hydrogen-bond donors (Lipinski definition) is 1. The lowest BCUT2D eigenvalue weighted by atomic mass is 10.2. The Morgan fingerprint density at radius 3 is 2.19 bits per heavy atom. The molecule has 0 fully saturated rings. The van der Waals surface area contributed by atoms with Gasteiger partial charge in [-0.15, -0.1) is 0 Å². The highest BCUT2D eigenvalue weighted by molar-refractivity contribution is 6.46. The second-order valence-corrected chi connectivity index (χ2v) is 3.83. The topological polar surface area (TPSA) is 29.1 Å². The molecule has 88 valence electrons.